The molecule has 146 valence electrons. The summed E-state index contributed by atoms with van der Waals surface area (Å²) in [5.41, 5.74) is 3.57. The van der Waals surface area contributed by atoms with Gasteiger partial charge in [0.05, 0.1) is 12.2 Å². The van der Waals surface area contributed by atoms with E-state index in [-0.39, 0.29) is 18.2 Å². The molecule has 28 heavy (non-hydrogen) atoms. The number of carbonyl (C=O) groups excluding carboxylic acids is 1. The predicted octanol–water partition coefficient (Wildman–Crippen LogP) is 4.83. The van der Waals surface area contributed by atoms with Crippen molar-refractivity contribution in [1.82, 2.24) is 5.16 Å². The molecule has 0 radical (unpaired) electrons. The highest BCUT2D eigenvalue weighted by Crippen LogP contribution is 2.25. The van der Waals surface area contributed by atoms with E-state index in [0.29, 0.717) is 23.6 Å². The molecule has 3 rings (SSSR count). The Morgan fingerprint density at radius 3 is 2.36 bits per heavy atom. The van der Waals surface area contributed by atoms with E-state index in [1.165, 1.54) is 0 Å². The molecular formula is C22H24N2O4. The summed E-state index contributed by atoms with van der Waals surface area (Å²) < 4.78 is 16.6. The number of para-hydroxylation sites is 1. The summed E-state index contributed by atoms with van der Waals surface area (Å²) in [6, 6.07) is 13.1. The maximum atomic E-state index is 12.7. The molecule has 0 fully saturated rings. The summed E-state index contributed by atoms with van der Waals surface area (Å²) in [5.74, 6) is 1.77. The second-order valence-electron chi connectivity index (χ2n) is 6.49. The number of nitrogens with one attached hydrogen (secondary N) is 1. The number of hydrogen-bond donors (Lipinski definition) is 1. The van der Waals surface area contributed by atoms with Crippen molar-refractivity contribution in [2.75, 3.05) is 11.9 Å². The van der Waals surface area contributed by atoms with Gasteiger partial charge in [-0.05, 0) is 63.1 Å². The summed E-state index contributed by atoms with van der Waals surface area (Å²) in [6.07, 6.45) is 0. The van der Waals surface area contributed by atoms with E-state index in [2.05, 4.69) is 10.5 Å². The number of hydrogen-bond acceptors (Lipinski definition) is 5. The van der Waals surface area contributed by atoms with E-state index in [9.17, 15) is 4.79 Å². The van der Waals surface area contributed by atoms with Gasteiger partial charge in [-0.2, -0.15) is 0 Å². The van der Waals surface area contributed by atoms with Crippen LogP contribution in [0.3, 0.4) is 0 Å². The van der Waals surface area contributed by atoms with E-state index in [1.807, 2.05) is 39.0 Å². The smallest absolute Gasteiger partial charge is 0.278 e. The second kappa shape index (κ2) is 8.61. The van der Waals surface area contributed by atoms with Crippen molar-refractivity contribution in [3.8, 4) is 11.5 Å². The molecule has 3 aromatic rings. The third kappa shape index (κ3) is 4.34. The molecule has 0 atom stereocenters. The lowest BCUT2D eigenvalue weighted by Gasteiger charge is -2.12. The van der Waals surface area contributed by atoms with Crippen LogP contribution in [0.2, 0.25) is 0 Å². The first-order valence-electron chi connectivity index (χ1n) is 9.18. The van der Waals surface area contributed by atoms with Crippen molar-refractivity contribution in [2.24, 2.45) is 0 Å². The fourth-order valence-corrected chi connectivity index (χ4v) is 2.90. The molecule has 1 amide bonds. The lowest BCUT2D eigenvalue weighted by atomic mass is 10.1. The normalized spacial score (nSPS) is 10.6. The highest BCUT2D eigenvalue weighted by molar-refractivity contribution is 6.03. The molecular weight excluding hydrogens is 356 g/mol. The zero-order chi connectivity index (χ0) is 20.1. The van der Waals surface area contributed by atoms with Crippen LogP contribution in [0.4, 0.5) is 5.69 Å². The van der Waals surface area contributed by atoms with Crippen LogP contribution >= 0.6 is 0 Å². The van der Waals surface area contributed by atoms with Crippen LogP contribution in [0.5, 0.6) is 11.5 Å². The Kier molecular flexibility index (Phi) is 5.99. The molecule has 0 bridgehead atoms. The van der Waals surface area contributed by atoms with Gasteiger partial charge in [0.2, 0.25) is 0 Å². The Morgan fingerprint density at radius 2 is 1.71 bits per heavy atom. The van der Waals surface area contributed by atoms with Gasteiger partial charge in [0.1, 0.15) is 23.9 Å². The zero-order valence-corrected chi connectivity index (χ0v) is 16.5. The highest BCUT2D eigenvalue weighted by atomic mass is 16.5. The Labute approximate surface area is 164 Å². The number of carbonyl (C=O) groups is 1. The predicted molar refractivity (Wildman–Crippen MR) is 107 cm³/mol. The van der Waals surface area contributed by atoms with Crippen LogP contribution in [0.25, 0.3) is 0 Å². The third-order valence-corrected chi connectivity index (χ3v) is 4.39. The van der Waals surface area contributed by atoms with E-state index < -0.39 is 0 Å². The molecule has 1 N–H and O–H groups in total. The van der Waals surface area contributed by atoms with Crippen LogP contribution in [0.1, 0.15) is 39.9 Å². The number of aryl methyl sites for hydroxylation is 3. The van der Waals surface area contributed by atoms with E-state index in [0.717, 1.165) is 22.6 Å². The lowest BCUT2D eigenvalue weighted by molar-refractivity contribution is 0.101. The van der Waals surface area contributed by atoms with Crippen molar-refractivity contribution in [3.63, 3.8) is 0 Å². The minimum Gasteiger partial charge on any atom is -0.494 e. The van der Waals surface area contributed by atoms with Gasteiger partial charge in [0, 0.05) is 5.69 Å². The monoisotopic (exact) mass is 380 g/mol. The Balaban J connectivity index is 1.73. The largest absolute Gasteiger partial charge is 0.494 e. The first-order chi connectivity index (χ1) is 13.5. The summed E-state index contributed by atoms with van der Waals surface area (Å²) in [6.45, 7) is 8.46. The van der Waals surface area contributed by atoms with Gasteiger partial charge in [-0.3, -0.25) is 4.79 Å². The molecule has 6 heteroatoms. The van der Waals surface area contributed by atoms with E-state index in [1.54, 1.807) is 31.2 Å². The first kappa shape index (κ1) is 19.5. The summed E-state index contributed by atoms with van der Waals surface area (Å²) in [7, 11) is 0. The molecule has 0 saturated carbocycles. The van der Waals surface area contributed by atoms with E-state index in [4.69, 9.17) is 14.0 Å². The number of nitrogens with zero attached hydrogens (tertiary/aromatic N) is 1. The van der Waals surface area contributed by atoms with Gasteiger partial charge in [-0.15, -0.1) is 0 Å². The molecule has 1 heterocycles. The summed E-state index contributed by atoms with van der Waals surface area (Å²) in [4.78, 5) is 12.7. The molecule has 0 aliphatic heterocycles. The van der Waals surface area contributed by atoms with Crippen LogP contribution in [-0.2, 0) is 6.61 Å². The highest BCUT2D eigenvalue weighted by Gasteiger charge is 2.21. The van der Waals surface area contributed by atoms with Gasteiger partial charge >= 0.3 is 0 Å². The standard InChI is InChI=1S/C22H24N2O4/c1-5-26-18-11-9-17(10-12-18)23-22(25)20-19(16(4)28-24-20)13-27-21-14(2)7-6-8-15(21)3/h6-12H,5,13H2,1-4H3,(H,23,25). The topological polar surface area (TPSA) is 73.6 Å². The maximum Gasteiger partial charge on any atom is 0.278 e. The van der Waals surface area contributed by atoms with Gasteiger partial charge in [0.15, 0.2) is 5.69 Å². The van der Waals surface area contributed by atoms with Gasteiger partial charge < -0.3 is 19.3 Å². The molecule has 2 aromatic carbocycles. The molecule has 1 aromatic heterocycles. The van der Waals surface area contributed by atoms with Crippen LogP contribution in [0.15, 0.2) is 47.0 Å². The van der Waals surface area contributed by atoms with Crippen LogP contribution in [0, 0.1) is 20.8 Å². The molecule has 0 aliphatic rings. The van der Waals surface area contributed by atoms with Gasteiger partial charge in [-0.1, -0.05) is 23.4 Å². The second-order valence-corrected chi connectivity index (χ2v) is 6.49. The fraction of sp³-hybridized carbons (Fsp3) is 0.273. The fourth-order valence-electron chi connectivity index (χ4n) is 2.90. The molecule has 0 spiro atoms. The van der Waals surface area contributed by atoms with Crippen molar-refractivity contribution >= 4 is 11.6 Å². The van der Waals surface area contributed by atoms with Crippen LogP contribution in [-0.4, -0.2) is 17.7 Å². The Bertz CT molecular complexity index is 941. The average molecular weight is 380 g/mol. The minimum absolute atomic E-state index is 0.201. The zero-order valence-electron chi connectivity index (χ0n) is 16.5. The van der Waals surface area contributed by atoms with Crippen LogP contribution < -0.4 is 14.8 Å². The molecule has 0 unspecified atom stereocenters. The average Bonchev–Trinajstić information content (AvgIpc) is 3.04. The third-order valence-electron chi connectivity index (χ3n) is 4.39. The number of rotatable bonds is 7. The molecule has 0 saturated heterocycles. The summed E-state index contributed by atoms with van der Waals surface area (Å²) in [5, 5.41) is 6.75. The van der Waals surface area contributed by atoms with Crippen molar-refractivity contribution in [3.05, 3.63) is 70.6 Å². The Morgan fingerprint density at radius 1 is 1.04 bits per heavy atom. The number of benzene rings is 2. The van der Waals surface area contributed by atoms with Crippen molar-refractivity contribution < 1.29 is 18.8 Å². The number of aromatic nitrogens is 1. The Hall–Kier alpha value is -3.28. The minimum atomic E-state index is -0.346. The lowest BCUT2D eigenvalue weighted by Crippen LogP contribution is -2.15. The molecule has 0 aliphatic carbocycles. The first-order valence-corrected chi connectivity index (χ1v) is 9.18. The molecule has 6 nitrogen and oxygen atoms in total. The summed E-state index contributed by atoms with van der Waals surface area (Å²) >= 11 is 0. The number of ether oxygens (including phenoxy) is 2. The van der Waals surface area contributed by atoms with Gasteiger partial charge in [-0.25, -0.2) is 0 Å². The maximum absolute atomic E-state index is 12.7. The van der Waals surface area contributed by atoms with Gasteiger partial charge in [0.25, 0.3) is 5.91 Å². The SMILES string of the molecule is CCOc1ccc(NC(=O)c2noc(C)c2COc2c(C)cccc2C)cc1. The van der Waals surface area contributed by atoms with Crippen molar-refractivity contribution in [1.29, 1.82) is 0 Å². The number of amides is 1. The van der Waals surface area contributed by atoms with E-state index >= 15 is 0 Å². The number of anilines is 1. The van der Waals surface area contributed by atoms with Crippen molar-refractivity contribution in [2.45, 2.75) is 34.3 Å². The quantitative estimate of drug-likeness (QED) is 0.635.